The maximum Gasteiger partial charge on any atom is 0.323 e. The summed E-state index contributed by atoms with van der Waals surface area (Å²) in [6, 6.07) is 3.68. The summed E-state index contributed by atoms with van der Waals surface area (Å²) in [5, 5.41) is 0. The van der Waals surface area contributed by atoms with Crippen LogP contribution in [0.25, 0.3) is 0 Å². The molecule has 1 unspecified atom stereocenters. The van der Waals surface area contributed by atoms with Crippen LogP contribution in [-0.2, 0) is 35.1 Å². The zero-order chi connectivity index (χ0) is 31.0. The minimum absolute atomic E-state index is 0.0676. The lowest BCUT2D eigenvalue weighted by Crippen LogP contribution is -2.40. The van der Waals surface area contributed by atoms with E-state index < -0.39 is 47.0 Å². The molecule has 40 heavy (non-hydrogen) atoms. The Kier molecular flexibility index (Phi) is 12.8. The lowest BCUT2D eigenvalue weighted by atomic mass is 9.90. The van der Waals surface area contributed by atoms with Crippen LogP contribution in [0, 0.1) is 22.7 Å². The van der Waals surface area contributed by atoms with Gasteiger partial charge in [-0.15, -0.1) is 0 Å². The minimum Gasteiger partial charge on any atom is -0.459 e. The molecule has 1 aromatic carbocycles. The van der Waals surface area contributed by atoms with Crippen LogP contribution in [0.4, 0.5) is 0 Å². The SMILES string of the molecule is CCC(C)(C)C(=O)Oc1ccc(C[C@H](N)C(=O)O[C@@H](C)[C@H](C)OC(=O)C(C)C(C)C)cc1OC(=O)C(C)(C)CC. The molecule has 0 aromatic heterocycles. The van der Waals surface area contributed by atoms with Gasteiger partial charge in [-0.2, -0.15) is 0 Å². The molecule has 226 valence electrons. The van der Waals surface area contributed by atoms with E-state index in [4.69, 9.17) is 24.7 Å². The number of carbonyl (C=O) groups excluding carboxylic acids is 4. The first-order valence-corrected chi connectivity index (χ1v) is 14.1. The van der Waals surface area contributed by atoms with Crippen molar-refractivity contribution in [1.29, 1.82) is 0 Å². The van der Waals surface area contributed by atoms with Gasteiger partial charge in [-0.3, -0.25) is 19.2 Å². The van der Waals surface area contributed by atoms with Crippen molar-refractivity contribution < 1.29 is 38.1 Å². The molecule has 9 heteroatoms. The van der Waals surface area contributed by atoms with E-state index in [9.17, 15) is 19.2 Å². The fourth-order valence-corrected chi connectivity index (χ4v) is 2.97. The first-order chi connectivity index (χ1) is 18.4. The molecule has 0 heterocycles. The van der Waals surface area contributed by atoms with Gasteiger partial charge in [0.2, 0.25) is 0 Å². The normalized spacial score (nSPS) is 15.0. The van der Waals surface area contributed by atoms with Gasteiger partial charge in [0, 0.05) is 0 Å². The largest absolute Gasteiger partial charge is 0.459 e. The first kappa shape index (κ1) is 35.1. The summed E-state index contributed by atoms with van der Waals surface area (Å²) in [6.45, 7) is 19.8. The molecule has 0 amide bonds. The van der Waals surface area contributed by atoms with E-state index in [2.05, 4.69) is 0 Å². The fourth-order valence-electron chi connectivity index (χ4n) is 2.97. The zero-order valence-corrected chi connectivity index (χ0v) is 26.1. The van der Waals surface area contributed by atoms with Crippen LogP contribution in [0.5, 0.6) is 11.5 Å². The van der Waals surface area contributed by atoms with Crippen LogP contribution in [-0.4, -0.2) is 42.1 Å². The molecule has 0 aliphatic heterocycles. The molecule has 0 saturated heterocycles. The maximum atomic E-state index is 12.8. The number of hydrogen-bond acceptors (Lipinski definition) is 9. The fraction of sp³-hybridized carbons (Fsp3) is 0.677. The molecule has 0 fully saturated rings. The van der Waals surface area contributed by atoms with Crippen molar-refractivity contribution in [3.8, 4) is 11.5 Å². The summed E-state index contributed by atoms with van der Waals surface area (Å²) >= 11 is 0. The molecule has 1 rings (SSSR count). The summed E-state index contributed by atoms with van der Waals surface area (Å²) in [4.78, 5) is 50.6. The summed E-state index contributed by atoms with van der Waals surface area (Å²) in [5.74, 6) is -1.95. The van der Waals surface area contributed by atoms with E-state index in [1.807, 2.05) is 27.7 Å². The standard InChI is InChI=1S/C31H49NO8/c1-12-30(8,9)28(35)39-24-15-14-22(17-25(24)40-29(36)31(10,11)13-2)16-23(32)27(34)38-21(7)20(6)37-26(33)19(5)18(3)4/h14-15,17-21,23H,12-13,16,32H2,1-11H3/t19?,20-,21-,23-/m0/s1. The molecule has 0 radical (unpaired) electrons. The van der Waals surface area contributed by atoms with E-state index in [1.165, 1.54) is 6.07 Å². The number of rotatable bonds is 14. The molecule has 1 aromatic rings. The van der Waals surface area contributed by atoms with E-state index >= 15 is 0 Å². The Morgan fingerprint density at radius 3 is 1.65 bits per heavy atom. The monoisotopic (exact) mass is 563 g/mol. The summed E-state index contributed by atoms with van der Waals surface area (Å²) in [6.07, 6.45) is -0.188. The van der Waals surface area contributed by atoms with Crippen molar-refractivity contribution in [3.05, 3.63) is 23.8 Å². The van der Waals surface area contributed by atoms with Gasteiger partial charge < -0.3 is 24.7 Å². The molecule has 4 atom stereocenters. The minimum atomic E-state index is -1.04. The van der Waals surface area contributed by atoms with E-state index in [0.717, 1.165) is 0 Å². The Morgan fingerprint density at radius 2 is 1.20 bits per heavy atom. The number of ether oxygens (including phenoxy) is 4. The second-order valence-corrected chi connectivity index (χ2v) is 12.2. The molecule has 0 bridgehead atoms. The number of hydrogen-bond donors (Lipinski definition) is 1. The molecule has 0 aliphatic carbocycles. The summed E-state index contributed by atoms with van der Waals surface area (Å²) < 4.78 is 22.2. The number of nitrogens with two attached hydrogens (primary N) is 1. The average molecular weight is 564 g/mol. The maximum absolute atomic E-state index is 12.8. The smallest absolute Gasteiger partial charge is 0.323 e. The van der Waals surface area contributed by atoms with Gasteiger partial charge in [0.05, 0.1) is 16.7 Å². The van der Waals surface area contributed by atoms with Gasteiger partial charge in [0.25, 0.3) is 0 Å². The van der Waals surface area contributed by atoms with Gasteiger partial charge in [0.15, 0.2) is 11.5 Å². The highest BCUT2D eigenvalue weighted by Crippen LogP contribution is 2.34. The molecule has 0 saturated carbocycles. The van der Waals surface area contributed by atoms with Crippen LogP contribution in [0.1, 0.15) is 94.6 Å². The van der Waals surface area contributed by atoms with Gasteiger partial charge >= 0.3 is 23.9 Å². The molecule has 2 N–H and O–H groups in total. The lowest BCUT2D eigenvalue weighted by molar-refractivity contribution is -0.169. The number of benzene rings is 1. The van der Waals surface area contributed by atoms with Crippen molar-refractivity contribution in [1.82, 2.24) is 0 Å². The van der Waals surface area contributed by atoms with Crippen LogP contribution in [0.15, 0.2) is 18.2 Å². The van der Waals surface area contributed by atoms with Crippen LogP contribution < -0.4 is 15.2 Å². The van der Waals surface area contributed by atoms with Crippen molar-refractivity contribution in [2.24, 2.45) is 28.4 Å². The van der Waals surface area contributed by atoms with Gasteiger partial charge in [-0.1, -0.05) is 40.7 Å². The Morgan fingerprint density at radius 1 is 0.750 bits per heavy atom. The molecule has 0 spiro atoms. The quantitative estimate of drug-likeness (QED) is 0.234. The second-order valence-electron chi connectivity index (χ2n) is 12.2. The molecular formula is C31H49NO8. The highest BCUT2D eigenvalue weighted by Gasteiger charge is 2.32. The third kappa shape index (κ3) is 9.91. The molecular weight excluding hydrogens is 514 g/mol. The molecule has 0 aliphatic rings. The lowest BCUT2D eigenvalue weighted by Gasteiger charge is -2.25. The average Bonchev–Trinajstić information content (AvgIpc) is 2.88. The topological polar surface area (TPSA) is 131 Å². The van der Waals surface area contributed by atoms with Crippen LogP contribution in [0.2, 0.25) is 0 Å². The Bertz CT molecular complexity index is 1050. The Balaban J connectivity index is 3.06. The van der Waals surface area contributed by atoms with Crippen molar-refractivity contribution in [3.63, 3.8) is 0 Å². The first-order valence-electron chi connectivity index (χ1n) is 14.1. The second kappa shape index (κ2) is 14.6. The molecule has 9 nitrogen and oxygen atoms in total. The Labute approximate surface area is 239 Å². The van der Waals surface area contributed by atoms with Crippen molar-refractivity contribution in [2.45, 2.75) is 114 Å². The highest BCUT2D eigenvalue weighted by molar-refractivity contribution is 5.82. The van der Waals surface area contributed by atoms with E-state index in [1.54, 1.807) is 60.6 Å². The predicted molar refractivity (Wildman–Crippen MR) is 153 cm³/mol. The number of carbonyl (C=O) groups is 4. The summed E-state index contributed by atoms with van der Waals surface area (Å²) in [7, 11) is 0. The third-order valence-corrected chi connectivity index (χ3v) is 7.68. The number of esters is 4. The van der Waals surface area contributed by atoms with Crippen LogP contribution in [0.3, 0.4) is 0 Å². The highest BCUT2D eigenvalue weighted by atomic mass is 16.6. The van der Waals surface area contributed by atoms with Crippen LogP contribution >= 0.6 is 0 Å². The van der Waals surface area contributed by atoms with Gasteiger partial charge in [-0.25, -0.2) is 0 Å². The van der Waals surface area contributed by atoms with Crippen molar-refractivity contribution >= 4 is 23.9 Å². The van der Waals surface area contributed by atoms with Gasteiger partial charge in [0.1, 0.15) is 18.2 Å². The predicted octanol–water partition coefficient (Wildman–Crippen LogP) is 5.40. The van der Waals surface area contributed by atoms with Crippen molar-refractivity contribution in [2.75, 3.05) is 0 Å². The van der Waals surface area contributed by atoms with Gasteiger partial charge in [-0.05, 0) is 84.4 Å². The third-order valence-electron chi connectivity index (χ3n) is 7.68. The van der Waals surface area contributed by atoms with E-state index in [0.29, 0.717) is 18.4 Å². The van der Waals surface area contributed by atoms with E-state index in [-0.39, 0.29) is 35.7 Å². The Hall–Kier alpha value is -2.94. The zero-order valence-electron chi connectivity index (χ0n) is 26.1. The summed E-state index contributed by atoms with van der Waals surface area (Å²) in [5.41, 5.74) is 5.23.